The van der Waals surface area contributed by atoms with Gasteiger partial charge >= 0.3 is 0 Å². The standard InChI is InChI=1S/C12H16ClNO2/c1-9-6-12(16-3)10(7-11(9)13)8-14(2)4-5-15/h5-7H,4,8H2,1-3H3. The van der Waals surface area contributed by atoms with Gasteiger partial charge in [0.1, 0.15) is 12.0 Å². The lowest BCUT2D eigenvalue weighted by atomic mass is 10.1. The maximum atomic E-state index is 10.4. The minimum Gasteiger partial charge on any atom is -0.496 e. The fourth-order valence-corrected chi connectivity index (χ4v) is 1.68. The van der Waals surface area contributed by atoms with Crippen molar-refractivity contribution in [2.24, 2.45) is 0 Å². The zero-order chi connectivity index (χ0) is 12.1. The number of aldehydes is 1. The van der Waals surface area contributed by atoms with Crippen molar-refractivity contribution in [1.82, 2.24) is 4.90 Å². The minimum atomic E-state index is 0.397. The molecule has 0 unspecified atom stereocenters. The van der Waals surface area contributed by atoms with Crippen LogP contribution in [0.2, 0.25) is 5.02 Å². The van der Waals surface area contributed by atoms with E-state index in [1.165, 1.54) is 0 Å². The molecule has 0 aliphatic heterocycles. The average Bonchev–Trinajstić information content (AvgIpc) is 2.23. The number of hydrogen-bond donors (Lipinski definition) is 0. The number of methoxy groups -OCH3 is 1. The molecular formula is C12H16ClNO2. The van der Waals surface area contributed by atoms with Gasteiger partial charge in [0.2, 0.25) is 0 Å². The first-order valence-corrected chi connectivity index (χ1v) is 5.41. The maximum Gasteiger partial charge on any atom is 0.133 e. The molecule has 3 nitrogen and oxygen atoms in total. The van der Waals surface area contributed by atoms with Gasteiger partial charge in [0.15, 0.2) is 0 Å². The summed E-state index contributed by atoms with van der Waals surface area (Å²) in [7, 11) is 3.51. The molecule has 0 saturated heterocycles. The molecule has 0 spiro atoms. The third kappa shape index (κ3) is 3.22. The second kappa shape index (κ2) is 5.87. The van der Waals surface area contributed by atoms with Crippen molar-refractivity contribution < 1.29 is 9.53 Å². The number of halogens is 1. The number of nitrogens with zero attached hydrogens (tertiary/aromatic N) is 1. The van der Waals surface area contributed by atoms with Crippen molar-refractivity contribution in [2.45, 2.75) is 13.5 Å². The molecule has 0 atom stereocenters. The summed E-state index contributed by atoms with van der Waals surface area (Å²) in [5, 5.41) is 0.718. The highest BCUT2D eigenvalue weighted by Gasteiger charge is 2.09. The molecule has 0 heterocycles. The number of ether oxygens (including phenoxy) is 1. The Morgan fingerprint density at radius 3 is 2.75 bits per heavy atom. The van der Waals surface area contributed by atoms with Crippen molar-refractivity contribution in [3.05, 3.63) is 28.3 Å². The average molecular weight is 242 g/mol. The van der Waals surface area contributed by atoms with Crippen molar-refractivity contribution in [3.63, 3.8) is 0 Å². The van der Waals surface area contributed by atoms with Crippen LogP contribution in [-0.4, -0.2) is 31.9 Å². The van der Waals surface area contributed by atoms with E-state index in [2.05, 4.69) is 0 Å². The number of carbonyl (C=O) groups is 1. The van der Waals surface area contributed by atoms with Crippen LogP contribution in [0.15, 0.2) is 12.1 Å². The van der Waals surface area contributed by atoms with E-state index in [4.69, 9.17) is 16.3 Å². The summed E-state index contributed by atoms with van der Waals surface area (Å²) < 4.78 is 5.29. The maximum absolute atomic E-state index is 10.4. The van der Waals surface area contributed by atoms with Gasteiger partial charge in [-0.1, -0.05) is 11.6 Å². The Balaban J connectivity index is 2.93. The summed E-state index contributed by atoms with van der Waals surface area (Å²) in [6, 6.07) is 3.80. The fraction of sp³-hybridized carbons (Fsp3) is 0.417. The monoisotopic (exact) mass is 241 g/mol. The smallest absolute Gasteiger partial charge is 0.133 e. The van der Waals surface area contributed by atoms with Gasteiger partial charge in [0.25, 0.3) is 0 Å². The fourth-order valence-electron chi connectivity index (χ4n) is 1.49. The summed E-state index contributed by atoms with van der Waals surface area (Å²) in [6.07, 6.45) is 0.877. The SMILES string of the molecule is COc1cc(C)c(Cl)cc1CN(C)CC=O. The Hall–Kier alpha value is -1.06. The Labute approximate surface area is 101 Å². The van der Waals surface area contributed by atoms with Crippen LogP contribution < -0.4 is 4.74 Å². The van der Waals surface area contributed by atoms with Crippen LogP contribution in [0.3, 0.4) is 0 Å². The molecule has 0 N–H and O–H groups in total. The third-order valence-electron chi connectivity index (χ3n) is 2.39. The first-order chi connectivity index (χ1) is 7.58. The third-order valence-corrected chi connectivity index (χ3v) is 2.80. The van der Waals surface area contributed by atoms with Gasteiger partial charge in [-0.25, -0.2) is 0 Å². The number of hydrogen-bond acceptors (Lipinski definition) is 3. The van der Waals surface area contributed by atoms with Crippen LogP contribution in [-0.2, 0) is 11.3 Å². The molecule has 0 bridgehead atoms. The number of rotatable bonds is 5. The highest BCUT2D eigenvalue weighted by molar-refractivity contribution is 6.31. The molecule has 16 heavy (non-hydrogen) atoms. The van der Waals surface area contributed by atoms with Gasteiger partial charge in [-0.15, -0.1) is 0 Å². The van der Waals surface area contributed by atoms with Crippen LogP contribution in [0.1, 0.15) is 11.1 Å². The van der Waals surface area contributed by atoms with E-state index in [-0.39, 0.29) is 0 Å². The van der Waals surface area contributed by atoms with Gasteiger partial charge in [-0.05, 0) is 31.7 Å². The van der Waals surface area contributed by atoms with Crippen molar-refractivity contribution >= 4 is 17.9 Å². The Kier molecular flexibility index (Phi) is 4.77. The second-order valence-corrected chi connectivity index (χ2v) is 4.18. The quantitative estimate of drug-likeness (QED) is 0.741. The number of aryl methyl sites for hydroxylation is 1. The molecule has 0 saturated carbocycles. The Morgan fingerprint density at radius 1 is 1.50 bits per heavy atom. The van der Waals surface area contributed by atoms with Crippen LogP contribution in [0.25, 0.3) is 0 Å². The van der Waals surface area contributed by atoms with Crippen LogP contribution in [0.4, 0.5) is 0 Å². The largest absolute Gasteiger partial charge is 0.496 e. The molecular weight excluding hydrogens is 226 g/mol. The topological polar surface area (TPSA) is 29.5 Å². The van der Waals surface area contributed by atoms with E-state index in [1.54, 1.807) is 7.11 Å². The van der Waals surface area contributed by atoms with E-state index in [0.717, 1.165) is 28.2 Å². The summed E-state index contributed by atoms with van der Waals surface area (Å²) in [5.74, 6) is 0.805. The van der Waals surface area contributed by atoms with Crippen LogP contribution >= 0.6 is 11.6 Å². The van der Waals surface area contributed by atoms with E-state index >= 15 is 0 Å². The van der Waals surface area contributed by atoms with E-state index in [1.807, 2.05) is 31.0 Å². The summed E-state index contributed by atoms with van der Waals surface area (Å²) in [5.41, 5.74) is 1.97. The molecule has 0 amide bonds. The molecule has 4 heteroatoms. The predicted molar refractivity (Wildman–Crippen MR) is 65.1 cm³/mol. The molecule has 0 aliphatic rings. The summed E-state index contributed by atoms with van der Waals surface area (Å²) >= 11 is 6.06. The lowest BCUT2D eigenvalue weighted by molar-refractivity contribution is -0.108. The molecule has 0 fully saturated rings. The molecule has 1 rings (SSSR count). The predicted octanol–water partition coefficient (Wildman–Crippen LogP) is 2.29. The van der Waals surface area contributed by atoms with Crippen molar-refractivity contribution in [2.75, 3.05) is 20.7 Å². The highest BCUT2D eigenvalue weighted by Crippen LogP contribution is 2.27. The summed E-state index contributed by atoms with van der Waals surface area (Å²) in [6.45, 7) is 2.97. The molecule has 0 aliphatic carbocycles. The van der Waals surface area contributed by atoms with Gasteiger partial charge in [0, 0.05) is 17.1 Å². The van der Waals surface area contributed by atoms with E-state index in [0.29, 0.717) is 13.1 Å². The molecule has 1 aromatic rings. The molecule has 1 aromatic carbocycles. The van der Waals surface area contributed by atoms with Gasteiger partial charge in [-0.3, -0.25) is 4.90 Å². The van der Waals surface area contributed by atoms with E-state index in [9.17, 15) is 4.79 Å². The van der Waals surface area contributed by atoms with Gasteiger partial charge in [0.05, 0.1) is 13.7 Å². The normalized spacial score (nSPS) is 10.6. The van der Waals surface area contributed by atoms with Crippen molar-refractivity contribution in [1.29, 1.82) is 0 Å². The lowest BCUT2D eigenvalue weighted by Crippen LogP contribution is -2.20. The Bertz CT molecular complexity index is 380. The number of likely N-dealkylation sites (N-methyl/N-ethyl adjacent to an activating group) is 1. The van der Waals surface area contributed by atoms with Gasteiger partial charge < -0.3 is 9.53 Å². The second-order valence-electron chi connectivity index (χ2n) is 3.78. The minimum absolute atomic E-state index is 0.397. The first kappa shape index (κ1) is 13.0. The van der Waals surface area contributed by atoms with Crippen LogP contribution in [0, 0.1) is 6.92 Å². The van der Waals surface area contributed by atoms with Crippen molar-refractivity contribution in [3.8, 4) is 5.75 Å². The first-order valence-electron chi connectivity index (χ1n) is 5.03. The number of carbonyl (C=O) groups excluding carboxylic acids is 1. The molecule has 0 aromatic heterocycles. The Morgan fingerprint density at radius 2 is 2.19 bits per heavy atom. The van der Waals surface area contributed by atoms with Crippen LogP contribution in [0.5, 0.6) is 5.75 Å². The highest BCUT2D eigenvalue weighted by atomic mass is 35.5. The number of benzene rings is 1. The van der Waals surface area contributed by atoms with E-state index < -0.39 is 0 Å². The zero-order valence-electron chi connectivity index (χ0n) is 9.79. The lowest BCUT2D eigenvalue weighted by Gasteiger charge is -2.16. The van der Waals surface area contributed by atoms with Gasteiger partial charge in [-0.2, -0.15) is 0 Å². The zero-order valence-corrected chi connectivity index (χ0v) is 10.5. The molecule has 0 radical (unpaired) electrons. The summed E-state index contributed by atoms with van der Waals surface area (Å²) in [4.78, 5) is 12.3. The molecule has 88 valence electrons.